The van der Waals surface area contributed by atoms with Gasteiger partial charge in [-0.2, -0.15) is 13.2 Å². The maximum Gasteiger partial charge on any atom is 0.416 e. The van der Waals surface area contributed by atoms with E-state index in [0.29, 0.717) is 42.7 Å². The molecule has 1 fully saturated rings. The van der Waals surface area contributed by atoms with Crippen LogP contribution in [0, 0.1) is 0 Å². The number of likely N-dealkylation sites (tertiary alicyclic amines) is 1. The summed E-state index contributed by atoms with van der Waals surface area (Å²) in [6, 6.07) is 6.45. The Morgan fingerprint density at radius 1 is 1.18 bits per heavy atom. The molecule has 0 atom stereocenters. The molecule has 0 spiro atoms. The summed E-state index contributed by atoms with van der Waals surface area (Å²) < 4.78 is 43.7. The third kappa shape index (κ3) is 3.51. The summed E-state index contributed by atoms with van der Waals surface area (Å²) in [5.41, 5.74) is 1.47. The van der Waals surface area contributed by atoms with Crippen molar-refractivity contribution in [3.05, 3.63) is 47.7 Å². The number of alkyl halides is 3. The Balaban J connectivity index is 1.56. The first-order valence-corrected chi connectivity index (χ1v) is 8.73. The molecule has 28 heavy (non-hydrogen) atoms. The standard InChI is InChI=1S/C19H16F3N3O3/c20-19(21,22)14-3-1-12(2-4-14)16-24-15-9-13(10-23-17(15)28-16)11-5-7-25(8-6-11)18(26)27/h1-4,9-11H,5-8H2,(H,26,27). The van der Waals surface area contributed by atoms with E-state index < -0.39 is 17.8 Å². The number of carboxylic acid groups (broad SMARTS) is 1. The van der Waals surface area contributed by atoms with Crippen molar-refractivity contribution in [2.45, 2.75) is 24.9 Å². The monoisotopic (exact) mass is 391 g/mol. The SMILES string of the molecule is O=C(O)N1CCC(c2cnc3oc(-c4ccc(C(F)(F)F)cc4)nc3c2)CC1. The third-order valence-electron chi connectivity index (χ3n) is 4.96. The molecule has 1 amide bonds. The predicted molar refractivity (Wildman–Crippen MR) is 93.8 cm³/mol. The van der Waals surface area contributed by atoms with E-state index in [0.717, 1.165) is 17.7 Å². The molecule has 2 aromatic heterocycles. The molecule has 9 heteroatoms. The molecule has 4 rings (SSSR count). The summed E-state index contributed by atoms with van der Waals surface area (Å²) in [6.45, 7) is 0.932. The zero-order chi connectivity index (χ0) is 19.9. The fourth-order valence-corrected chi connectivity index (χ4v) is 3.39. The number of benzene rings is 1. The minimum Gasteiger partial charge on any atom is -0.465 e. The number of piperidine rings is 1. The number of carbonyl (C=O) groups is 1. The summed E-state index contributed by atoms with van der Waals surface area (Å²) in [4.78, 5) is 21.0. The van der Waals surface area contributed by atoms with Crippen LogP contribution in [0.25, 0.3) is 22.7 Å². The molecule has 0 radical (unpaired) electrons. The highest BCUT2D eigenvalue weighted by atomic mass is 19.4. The zero-order valence-corrected chi connectivity index (χ0v) is 14.6. The number of amides is 1. The van der Waals surface area contributed by atoms with Gasteiger partial charge in [0.25, 0.3) is 0 Å². The summed E-state index contributed by atoms with van der Waals surface area (Å²) in [5.74, 6) is 0.382. The molecule has 3 aromatic rings. The van der Waals surface area contributed by atoms with Crippen LogP contribution in [-0.2, 0) is 6.18 Å². The van der Waals surface area contributed by atoms with Gasteiger partial charge in [0, 0.05) is 24.8 Å². The lowest BCUT2D eigenvalue weighted by atomic mass is 9.90. The average Bonchev–Trinajstić information content (AvgIpc) is 3.11. The number of aromatic nitrogens is 2. The van der Waals surface area contributed by atoms with Gasteiger partial charge in [0.2, 0.25) is 11.6 Å². The van der Waals surface area contributed by atoms with E-state index in [9.17, 15) is 18.0 Å². The predicted octanol–water partition coefficient (Wildman–Crippen LogP) is 4.77. The third-order valence-corrected chi connectivity index (χ3v) is 4.96. The first-order chi connectivity index (χ1) is 13.3. The Morgan fingerprint density at radius 3 is 2.46 bits per heavy atom. The second kappa shape index (κ2) is 6.81. The van der Waals surface area contributed by atoms with Gasteiger partial charge in [-0.25, -0.2) is 14.8 Å². The van der Waals surface area contributed by atoms with Gasteiger partial charge in [-0.15, -0.1) is 0 Å². The average molecular weight is 391 g/mol. The van der Waals surface area contributed by atoms with Crippen LogP contribution in [-0.4, -0.2) is 39.2 Å². The Labute approximate surface area is 157 Å². The number of rotatable bonds is 2. The van der Waals surface area contributed by atoms with Crippen LogP contribution in [0.5, 0.6) is 0 Å². The Kier molecular flexibility index (Phi) is 4.44. The van der Waals surface area contributed by atoms with Crippen molar-refractivity contribution in [1.82, 2.24) is 14.9 Å². The molecule has 1 aromatic carbocycles. The lowest BCUT2D eigenvalue weighted by Crippen LogP contribution is -2.36. The normalized spacial score (nSPS) is 15.9. The zero-order valence-electron chi connectivity index (χ0n) is 14.6. The Morgan fingerprint density at radius 2 is 1.86 bits per heavy atom. The number of fused-ring (bicyclic) bond motifs is 1. The van der Waals surface area contributed by atoms with Gasteiger partial charge in [-0.1, -0.05) is 0 Å². The van der Waals surface area contributed by atoms with Crippen LogP contribution < -0.4 is 0 Å². The van der Waals surface area contributed by atoms with Crippen molar-refractivity contribution in [3.8, 4) is 11.5 Å². The summed E-state index contributed by atoms with van der Waals surface area (Å²) in [5, 5.41) is 9.04. The Hall–Kier alpha value is -3.10. The largest absolute Gasteiger partial charge is 0.465 e. The van der Waals surface area contributed by atoms with Crippen LogP contribution in [0.4, 0.5) is 18.0 Å². The first-order valence-electron chi connectivity index (χ1n) is 8.73. The van der Waals surface area contributed by atoms with Gasteiger partial charge in [-0.05, 0) is 54.7 Å². The molecule has 1 aliphatic heterocycles. The summed E-state index contributed by atoms with van der Waals surface area (Å²) >= 11 is 0. The molecule has 1 saturated heterocycles. The summed E-state index contributed by atoms with van der Waals surface area (Å²) in [6.07, 6.45) is -2.23. The molecule has 0 saturated carbocycles. The number of hydrogen-bond donors (Lipinski definition) is 1. The highest BCUT2D eigenvalue weighted by Gasteiger charge is 2.30. The fourth-order valence-electron chi connectivity index (χ4n) is 3.39. The number of pyridine rings is 1. The molecule has 0 aliphatic carbocycles. The molecular formula is C19H16F3N3O3. The maximum atomic E-state index is 12.7. The van der Waals surface area contributed by atoms with Gasteiger partial charge < -0.3 is 14.4 Å². The smallest absolute Gasteiger partial charge is 0.416 e. The number of oxazole rings is 1. The lowest BCUT2D eigenvalue weighted by molar-refractivity contribution is -0.137. The number of hydrogen-bond acceptors (Lipinski definition) is 4. The molecule has 6 nitrogen and oxygen atoms in total. The second-order valence-electron chi connectivity index (χ2n) is 6.73. The van der Waals surface area contributed by atoms with Crippen molar-refractivity contribution in [2.75, 3.05) is 13.1 Å². The van der Waals surface area contributed by atoms with Crippen LogP contribution >= 0.6 is 0 Å². The van der Waals surface area contributed by atoms with Crippen LogP contribution in [0.1, 0.15) is 29.9 Å². The van der Waals surface area contributed by atoms with E-state index in [4.69, 9.17) is 9.52 Å². The first kappa shape index (κ1) is 18.3. The molecule has 1 N–H and O–H groups in total. The van der Waals surface area contributed by atoms with Gasteiger partial charge in [0.1, 0.15) is 5.52 Å². The molecule has 0 bridgehead atoms. The maximum absolute atomic E-state index is 12.7. The summed E-state index contributed by atoms with van der Waals surface area (Å²) in [7, 11) is 0. The minimum absolute atomic E-state index is 0.179. The second-order valence-corrected chi connectivity index (χ2v) is 6.73. The van der Waals surface area contributed by atoms with Gasteiger partial charge >= 0.3 is 12.3 Å². The van der Waals surface area contributed by atoms with Crippen molar-refractivity contribution in [1.29, 1.82) is 0 Å². The lowest BCUT2D eigenvalue weighted by Gasteiger charge is -2.29. The van der Waals surface area contributed by atoms with Crippen LogP contribution in [0.3, 0.4) is 0 Å². The quantitative estimate of drug-likeness (QED) is 0.681. The van der Waals surface area contributed by atoms with Crippen molar-refractivity contribution in [3.63, 3.8) is 0 Å². The van der Waals surface area contributed by atoms with Crippen molar-refractivity contribution in [2.24, 2.45) is 0 Å². The topological polar surface area (TPSA) is 79.5 Å². The van der Waals surface area contributed by atoms with Gasteiger partial charge in [0.05, 0.1) is 5.56 Å². The fraction of sp³-hybridized carbons (Fsp3) is 0.316. The molecule has 3 heterocycles. The van der Waals surface area contributed by atoms with Gasteiger partial charge in [-0.3, -0.25) is 0 Å². The molecular weight excluding hydrogens is 375 g/mol. The van der Waals surface area contributed by atoms with Crippen molar-refractivity contribution < 1.29 is 27.5 Å². The van der Waals surface area contributed by atoms with E-state index in [1.807, 2.05) is 6.07 Å². The minimum atomic E-state index is -4.40. The highest BCUT2D eigenvalue weighted by Crippen LogP contribution is 2.33. The van der Waals surface area contributed by atoms with E-state index in [1.54, 1.807) is 6.20 Å². The molecule has 1 aliphatic rings. The van der Waals surface area contributed by atoms with E-state index in [-0.39, 0.29) is 11.8 Å². The number of nitrogens with zero attached hydrogens (tertiary/aromatic N) is 3. The van der Waals surface area contributed by atoms with E-state index in [2.05, 4.69) is 9.97 Å². The van der Waals surface area contributed by atoms with Crippen LogP contribution in [0.15, 0.2) is 40.9 Å². The van der Waals surface area contributed by atoms with E-state index >= 15 is 0 Å². The number of halogens is 3. The molecule has 0 unspecified atom stereocenters. The Bertz CT molecular complexity index is 1010. The molecule has 146 valence electrons. The highest BCUT2D eigenvalue weighted by molar-refractivity contribution is 5.73. The van der Waals surface area contributed by atoms with Crippen molar-refractivity contribution >= 4 is 17.3 Å². The van der Waals surface area contributed by atoms with Crippen LogP contribution in [0.2, 0.25) is 0 Å². The van der Waals surface area contributed by atoms with Gasteiger partial charge in [0.15, 0.2) is 0 Å². The van der Waals surface area contributed by atoms with E-state index in [1.165, 1.54) is 17.0 Å².